The van der Waals surface area contributed by atoms with Gasteiger partial charge in [0.2, 0.25) is 0 Å². The van der Waals surface area contributed by atoms with E-state index < -0.39 is 0 Å². The molecule has 113 heavy (non-hydrogen) atoms. The van der Waals surface area contributed by atoms with Gasteiger partial charge in [-0.25, -0.2) is 0 Å². The highest BCUT2D eigenvalue weighted by Crippen LogP contribution is 2.63. The molecule has 0 bridgehead atoms. The molecule has 0 amide bonds. The molecule has 0 saturated carbocycles. The molecule has 0 aromatic carbocycles. The van der Waals surface area contributed by atoms with Gasteiger partial charge in [0.05, 0.1) is 39.0 Å². The molecule has 0 radical (unpaired) electrons. The van der Waals surface area contributed by atoms with Gasteiger partial charge in [0.15, 0.2) is 0 Å². The van der Waals surface area contributed by atoms with E-state index in [1.807, 2.05) is 238 Å². The summed E-state index contributed by atoms with van der Waals surface area (Å²) >= 11 is 40.4. The van der Waals surface area contributed by atoms with E-state index in [0.29, 0.717) is 0 Å². The first-order chi connectivity index (χ1) is 55.1. The van der Waals surface area contributed by atoms with Crippen LogP contribution in [0, 0.1) is 55.4 Å². The lowest BCUT2D eigenvalue weighted by atomic mass is 10.0. The maximum absolute atomic E-state index is 2.60. The van der Waals surface area contributed by atoms with Crippen LogP contribution in [0.2, 0.25) is 0 Å². The van der Waals surface area contributed by atoms with Crippen LogP contribution in [-0.2, 0) is 0 Å². The predicted octanol–water partition coefficient (Wildman–Crippen LogP) is 38.8. The molecular weight excluding hydrogens is 1780 g/mol. The minimum absolute atomic E-state index is 1.28. The topological polar surface area (TPSA) is 0 Å². The van der Waals surface area contributed by atoms with Crippen LogP contribution < -0.4 is 0 Å². The van der Waals surface area contributed by atoms with E-state index >= 15 is 0 Å². The highest BCUT2D eigenvalue weighted by molar-refractivity contribution is 7.34. The Bertz CT molecular complexity index is 6050. The summed E-state index contributed by atoms with van der Waals surface area (Å²) in [6.45, 7) is 17.8. The summed E-state index contributed by atoms with van der Waals surface area (Å²) in [5, 5.41) is 4.54. The summed E-state index contributed by atoms with van der Waals surface area (Å²) in [4.78, 5) is 52.7. The molecule has 0 unspecified atom stereocenters. The van der Waals surface area contributed by atoms with Gasteiger partial charge in [0.1, 0.15) is 0 Å². The summed E-state index contributed by atoms with van der Waals surface area (Å²) in [5.74, 6) is 0. The molecule has 0 fully saturated rings. The molecule has 0 spiro atoms. The van der Waals surface area contributed by atoms with Gasteiger partial charge in [0.25, 0.3) is 0 Å². The van der Waals surface area contributed by atoms with Gasteiger partial charge in [-0.05, 0) is 260 Å². The van der Waals surface area contributed by atoms with Crippen LogP contribution in [0.15, 0.2) is 217 Å². The zero-order valence-corrected chi connectivity index (χ0v) is 78.5. The largest absolute Gasteiger partial charge is 0.143 e. The number of thiophene rings is 21. The SMILES string of the molecule is Cc1ccc(-c2cc(-c3ccc(-c4cc(-c5c(-c6cccs6)sc(-c6cccs6)c5-c5cc(-c6ccc(-c7cc(-c8ccc(C)s8)c(-c8ccc(C)s8)s7)s6)c(-c6ccc(-c7cc(-c8ccc(C)s8)c(-c8ccc(C)s8)s7)s6)s5)sc4-c4ccc(-c5cc(-c6ccc(C)s6)c(-c6ccc(C)s6)s5)s4)s3)sc2-c2ccc(C)s2)s1. The molecule has 0 N–H and O–H groups in total. The number of hydrogen-bond acceptors (Lipinski definition) is 21. The van der Waals surface area contributed by atoms with Crippen LogP contribution in [0.5, 0.6) is 0 Å². The molecule has 0 aliphatic carbocycles. The van der Waals surface area contributed by atoms with Crippen molar-refractivity contribution in [2.75, 3.05) is 0 Å². The first kappa shape index (κ1) is 74.3. The fourth-order valence-corrected chi connectivity index (χ4v) is 37.2. The maximum atomic E-state index is 2.60. The van der Waals surface area contributed by atoms with Crippen LogP contribution in [0.4, 0.5) is 0 Å². The normalized spacial score (nSPS) is 11.9. The Kier molecular flexibility index (Phi) is 20.1. The highest BCUT2D eigenvalue weighted by atomic mass is 32.2. The smallest absolute Gasteiger partial charge is 0.0542 e. The predicted molar refractivity (Wildman–Crippen MR) is 528 cm³/mol. The van der Waals surface area contributed by atoms with E-state index in [-0.39, 0.29) is 0 Å². The molecule has 554 valence electrons. The van der Waals surface area contributed by atoms with E-state index in [9.17, 15) is 0 Å². The quantitative estimate of drug-likeness (QED) is 0.0713. The number of hydrogen-bond donors (Lipinski definition) is 0. The summed E-state index contributed by atoms with van der Waals surface area (Å²) in [7, 11) is 0. The van der Waals surface area contributed by atoms with Gasteiger partial charge in [-0.3, -0.25) is 0 Å². The average molecular weight is 1840 g/mol. The molecule has 21 aromatic heterocycles. The van der Waals surface area contributed by atoms with E-state index in [2.05, 4.69) is 272 Å². The molecule has 0 aliphatic rings. The van der Waals surface area contributed by atoms with Crippen molar-refractivity contribution in [3.8, 4) is 201 Å². The zero-order valence-electron chi connectivity index (χ0n) is 61.4. The molecular formula is C92H60S21. The Morgan fingerprint density at radius 2 is 0.336 bits per heavy atom. The van der Waals surface area contributed by atoms with Crippen molar-refractivity contribution in [2.45, 2.75) is 55.4 Å². The van der Waals surface area contributed by atoms with Gasteiger partial charge >= 0.3 is 0 Å². The molecule has 0 atom stereocenters. The van der Waals surface area contributed by atoms with E-state index in [1.165, 1.54) is 240 Å². The first-order valence-corrected chi connectivity index (χ1v) is 53.5. The molecule has 0 saturated heterocycles. The van der Waals surface area contributed by atoms with Gasteiger partial charge in [0, 0.05) is 201 Å². The minimum Gasteiger partial charge on any atom is -0.143 e. The Hall–Kier alpha value is -6.30. The van der Waals surface area contributed by atoms with Crippen LogP contribution in [-0.4, -0.2) is 0 Å². The Labute approximate surface area is 740 Å². The summed E-state index contributed by atoms with van der Waals surface area (Å²) in [6.07, 6.45) is 0. The van der Waals surface area contributed by atoms with Crippen molar-refractivity contribution in [2.24, 2.45) is 0 Å². The minimum atomic E-state index is 1.28. The molecule has 21 heteroatoms. The second-order valence-electron chi connectivity index (χ2n) is 27.5. The van der Waals surface area contributed by atoms with Crippen molar-refractivity contribution in [1.82, 2.24) is 0 Å². The fourth-order valence-electron chi connectivity index (χ4n) is 14.3. The lowest BCUT2D eigenvalue weighted by Crippen LogP contribution is -1.79. The summed E-state index contributed by atoms with van der Waals surface area (Å²) in [5.41, 5.74) is 10.5. The molecule has 0 aliphatic heterocycles. The zero-order chi connectivity index (χ0) is 76.0. The van der Waals surface area contributed by atoms with E-state index in [4.69, 9.17) is 0 Å². The van der Waals surface area contributed by atoms with Crippen LogP contribution in [0.3, 0.4) is 0 Å². The molecule has 21 heterocycles. The van der Waals surface area contributed by atoms with E-state index in [1.54, 1.807) is 0 Å². The molecule has 0 nitrogen and oxygen atoms in total. The standard InChI is InChI=1S/C92H60S21/c1-45-13-21-59(95-45)53-39-77(107-85(53)71-25-17-49(5)99-71)65-31-29-63(103-65)57-43-81(111-89(57)75-35-33-67(105-75)79-41-55(61-23-15-47(3)97-61)87(109-79)73-27-19-51(7)101-73)83-84(92(70-12-10-38-94-70)113-91(83)69-11-9-37-93-69)82-44-58(64-30-32-66(104-64)78-40-54(60-22-14-46(2)96-60)86(108-78)72-26-18-50(6)100-72)90(112-82)76-36-34-68(106-76)80-42-56(62-24-16-48(4)98-62)88(110-80)74-28-20-52(8)102-74/h9-44H,1-8H3. The average Bonchev–Trinajstić information content (AvgIpc) is 1.58. The fraction of sp³-hybridized carbons (Fsp3) is 0.0870. The van der Waals surface area contributed by atoms with Crippen LogP contribution in [0.1, 0.15) is 39.0 Å². The van der Waals surface area contributed by atoms with E-state index in [0.717, 1.165) is 0 Å². The van der Waals surface area contributed by atoms with Gasteiger partial charge < -0.3 is 0 Å². The Morgan fingerprint density at radius 3 is 0.575 bits per heavy atom. The van der Waals surface area contributed by atoms with Gasteiger partial charge in [-0.2, -0.15) is 0 Å². The third-order valence-electron chi connectivity index (χ3n) is 19.5. The van der Waals surface area contributed by atoms with Crippen molar-refractivity contribution >= 4 is 238 Å². The third kappa shape index (κ3) is 14.1. The summed E-state index contributed by atoms with van der Waals surface area (Å²) < 4.78 is 0. The van der Waals surface area contributed by atoms with Crippen LogP contribution in [0.25, 0.3) is 201 Å². The first-order valence-electron chi connectivity index (χ1n) is 36.2. The van der Waals surface area contributed by atoms with Crippen molar-refractivity contribution in [1.29, 1.82) is 0 Å². The Morgan fingerprint density at radius 1 is 0.142 bits per heavy atom. The van der Waals surface area contributed by atoms with Gasteiger partial charge in [-0.15, -0.1) is 238 Å². The van der Waals surface area contributed by atoms with Crippen molar-refractivity contribution in [3.05, 3.63) is 256 Å². The highest BCUT2D eigenvalue weighted by Gasteiger charge is 2.32. The van der Waals surface area contributed by atoms with Crippen molar-refractivity contribution in [3.63, 3.8) is 0 Å². The lowest BCUT2D eigenvalue weighted by Gasteiger charge is -2.06. The van der Waals surface area contributed by atoms with Crippen LogP contribution >= 0.6 is 238 Å². The number of rotatable bonds is 20. The third-order valence-corrected chi connectivity index (χ3v) is 44.1. The second kappa shape index (κ2) is 30.6. The van der Waals surface area contributed by atoms with Gasteiger partial charge in [-0.1, -0.05) is 12.1 Å². The van der Waals surface area contributed by atoms with Crippen molar-refractivity contribution < 1.29 is 0 Å². The maximum Gasteiger partial charge on any atom is 0.0542 e. The Balaban J connectivity index is 0.761. The number of aryl methyl sites for hydroxylation is 8. The summed E-state index contributed by atoms with van der Waals surface area (Å²) in [6, 6.07) is 80.5. The molecule has 21 aromatic rings. The molecule has 21 rings (SSSR count). The monoisotopic (exact) mass is 1840 g/mol. The lowest BCUT2D eigenvalue weighted by molar-refractivity contribution is 1.64. The second-order valence-corrected chi connectivity index (χ2v) is 51.4.